The van der Waals surface area contributed by atoms with Gasteiger partial charge in [-0.05, 0) is 31.1 Å². The Kier molecular flexibility index (Phi) is 4.32. The van der Waals surface area contributed by atoms with Gasteiger partial charge in [-0.3, -0.25) is 4.90 Å². The molecule has 2 heteroatoms. The van der Waals surface area contributed by atoms with Crippen LogP contribution in [0.5, 0.6) is 0 Å². The molecule has 1 spiro atoms. The molecule has 2 unspecified atom stereocenters. The smallest absolute Gasteiger partial charge is 0.0309 e. The molecule has 0 bridgehead atoms. The number of piperazine rings is 1. The highest BCUT2D eigenvalue weighted by Crippen LogP contribution is 2.37. The van der Waals surface area contributed by atoms with Crippen molar-refractivity contribution in [3.8, 4) is 0 Å². The van der Waals surface area contributed by atoms with Crippen LogP contribution in [0.15, 0.2) is 0 Å². The van der Waals surface area contributed by atoms with Crippen LogP contribution in [0, 0.1) is 11.3 Å². The standard InChI is InChI=1S/C17H34N2/c1-13(2)15-11-18-17(9-7-8-10-17)12-19(15)14(3)16(4,5)6/h13-15,18H,7-12H2,1-6H3. The number of hydrogen-bond donors (Lipinski definition) is 1. The molecule has 0 radical (unpaired) electrons. The molecule has 1 N–H and O–H groups in total. The van der Waals surface area contributed by atoms with Gasteiger partial charge in [-0.15, -0.1) is 0 Å². The second kappa shape index (κ2) is 5.37. The first-order chi connectivity index (χ1) is 8.75. The molecular formula is C17H34N2. The first kappa shape index (κ1) is 15.3. The summed E-state index contributed by atoms with van der Waals surface area (Å²) in [5, 5.41) is 3.92. The van der Waals surface area contributed by atoms with Crippen LogP contribution in [-0.2, 0) is 0 Å². The Morgan fingerprint density at radius 3 is 2.16 bits per heavy atom. The minimum atomic E-state index is 0.365. The number of nitrogens with zero attached hydrogens (tertiary/aromatic N) is 1. The van der Waals surface area contributed by atoms with E-state index in [0.717, 1.165) is 5.92 Å². The molecule has 1 aliphatic heterocycles. The van der Waals surface area contributed by atoms with E-state index in [4.69, 9.17) is 0 Å². The monoisotopic (exact) mass is 266 g/mol. The predicted molar refractivity (Wildman–Crippen MR) is 83.5 cm³/mol. The van der Waals surface area contributed by atoms with Gasteiger partial charge >= 0.3 is 0 Å². The molecule has 1 saturated heterocycles. The Morgan fingerprint density at radius 2 is 1.68 bits per heavy atom. The minimum Gasteiger partial charge on any atom is -0.308 e. The van der Waals surface area contributed by atoms with E-state index in [1.807, 2.05) is 0 Å². The van der Waals surface area contributed by atoms with Crippen LogP contribution >= 0.6 is 0 Å². The number of rotatable bonds is 2. The van der Waals surface area contributed by atoms with Crippen LogP contribution in [0.4, 0.5) is 0 Å². The fourth-order valence-electron chi connectivity index (χ4n) is 3.89. The van der Waals surface area contributed by atoms with E-state index < -0.39 is 0 Å². The highest BCUT2D eigenvalue weighted by Gasteiger charge is 2.44. The topological polar surface area (TPSA) is 15.3 Å². The summed E-state index contributed by atoms with van der Waals surface area (Å²) in [6, 6.07) is 1.35. The molecule has 2 fully saturated rings. The maximum Gasteiger partial charge on any atom is 0.0309 e. The van der Waals surface area contributed by atoms with Crippen LogP contribution in [0.3, 0.4) is 0 Å². The molecule has 2 atom stereocenters. The Bertz CT molecular complexity index is 295. The molecule has 1 aliphatic carbocycles. The zero-order chi connectivity index (χ0) is 14.3. The Hall–Kier alpha value is -0.0800. The quantitative estimate of drug-likeness (QED) is 0.820. The zero-order valence-corrected chi connectivity index (χ0v) is 13.9. The molecule has 2 nitrogen and oxygen atoms in total. The molecule has 2 rings (SSSR count). The van der Waals surface area contributed by atoms with Crippen LogP contribution in [0.2, 0.25) is 0 Å². The third kappa shape index (κ3) is 3.16. The molecule has 0 aromatic carbocycles. The van der Waals surface area contributed by atoms with Crippen molar-refractivity contribution in [2.45, 2.75) is 84.8 Å². The molecule has 0 aromatic rings. The summed E-state index contributed by atoms with van der Waals surface area (Å²) < 4.78 is 0. The Balaban J connectivity index is 2.17. The molecule has 1 saturated carbocycles. The van der Waals surface area contributed by atoms with Crippen molar-refractivity contribution < 1.29 is 0 Å². The van der Waals surface area contributed by atoms with Crippen molar-refractivity contribution in [3.63, 3.8) is 0 Å². The lowest BCUT2D eigenvalue weighted by Crippen LogP contribution is -2.67. The normalized spacial score (nSPS) is 30.2. The van der Waals surface area contributed by atoms with Gasteiger partial charge < -0.3 is 5.32 Å². The predicted octanol–water partition coefficient (Wildman–Crippen LogP) is 3.66. The van der Waals surface area contributed by atoms with Gasteiger partial charge in [0.15, 0.2) is 0 Å². The third-order valence-corrected chi connectivity index (χ3v) is 5.68. The van der Waals surface area contributed by atoms with Gasteiger partial charge in [0.2, 0.25) is 0 Å². The average molecular weight is 266 g/mol. The Morgan fingerprint density at radius 1 is 1.11 bits per heavy atom. The van der Waals surface area contributed by atoms with Crippen molar-refractivity contribution in [3.05, 3.63) is 0 Å². The van der Waals surface area contributed by atoms with E-state index in [9.17, 15) is 0 Å². The van der Waals surface area contributed by atoms with Crippen LogP contribution in [0.1, 0.15) is 67.2 Å². The molecule has 2 aliphatic rings. The first-order valence-electron chi connectivity index (χ1n) is 8.26. The van der Waals surface area contributed by atoms with Crippen LogP contribution in [-0.4, -0.2) is 35.6 Å². The molecule has 112 valence electrons. The summed E-state index contributed by atoms with van der Waals surface area (Å²) in [6.45, 7) is 16.8. The largest absolute Gasteiger partial charge is 0.308 e. The summed E-state index contributed by atoms with van der Waals surface area (Å²) in [6.07, 6.45) is 5.59. The maximum absolute atomic E-state index is 3.92. The van der Waals surface area contributed by atoms with Gasteiger partial charge in [0, 0.05) is 30.7 Å². The van der Waals surface area contributed by atoms with Gasteiger partial charge in [0.25, 0.3) is 0 Å². The molecule has 19 heavy (non-hydrogen) atoms. The van der Waals surface area contributed by atoms with E-state index in [0.29, 0.717) is 23.0 Å². The van der Waals surface area contributed by atoms with Crippen molar-refractivity contribution in [1.29, 1.82) is 0 Å². The van der Waals surface area contributed by atoms with Gasteiger partial charge in [-0.2, -0.15) is 0 Å². The second-order valence-corrected chi connectivity index (χ2v) is 8.39. The SMILES string of the molecule is CC(C)C1CNC2(CCCC2)CN1C(C)C(C)(C)C. The van der Waals surface area contributed by atoms with E-state index in [1.165, 1.54) is 38.8 Å². The Labute approximate surface area is 120 Å². The van der Waals surface area contributed by atoms with Crippen LogP contribution < -0.4 is 5.32 Å². The van der Waals surface area contributed by atoms with Crippen molar-refractivity contribution >= 4 is 0 Å². The van der Waals surface area contributed by atoms with E-state index in [1.54, 1.807) is 0 Å². The lowest BCUT2D eigenvalue weighted by atomic mass is 9.81. The van der Waals surface area contributed by atoms with Crippen LogP contribution in [0.25, 0.3) is 0 Å². The van der Waals surface area contributed by atoms with Crippen molar-refractivity contribution in [1.82, 2.24) is 10.2 Å². The fraction of sp³-hybridized carbons (Fsp3) is 1.00. The van der Waals surface area contributed by atoms with Gasteiger partial charge in [0.1, 0.15) is 0 Å². The maximum atomic E-state index is 3.92. The summed E-state index contributed by atoms with van der Waals surface area (Å²) >= 11 is 0. The van der Waals surface area contributed by atoms with Gasteiger partial charge in [-0.1, -0.05) is 47.5 Å². The number of hydrogen-bond acceptors (Lipinski definition) is 2. The number of nitrogens with one attached hydrogen (secondary N) is 1. The first-order valence-corrected chi connectivity index (χ1v) is 8.26. The second-order valence-electron chi connectivity index (χ2n) is 8.39. The highest BCUT2D eigenvalue weighted by molar-refractivity contribution is 5.03. The molecular weight excluding hydrogens is 232 g/mol. The average Bonchev–Trinajstić information content (AvgIpc) is 2.74. The summed E-state index contributed by atoms with van der Waals surface area (Å²) in [7, 11) is 0. The minimum absolute atomic E-state index is 0.365. The summed E-state index contributed by atoms with van der Waals surface area (Å²) in [5.74, 6) is 0.732. The van der Waals surface area contributed by atoms with Crippen molar-refractivity contribution in [2.75, 3.05) is 13.1 Å². The highest BCUT2D eigenvalue weighted by atomic mass is 15.3. The lowest BCUT2D eigenvalue weighted by molar-refractivity contribution is -0.00899. The summed E-state index contributed by atoms with van der Waals surface area (Å²) in [5.41, 5.74) is 0.801. The molecule has 0 amide bonds. The molecule has 1 heterocycles. The van der Waals surface area contributed by atoms with E-state index >= 15 is 0 Å². The van der Waals surface area contributed by atoms with Crippen molar-refractivity contribution in [2.24, 2.45) is 11.3 Å². The third-order valence-electron chi connectivity index (χ3n) is 5.68. The molecule has 0 aromatic heterocycles. The lowest BCUT2D eigenvalue weighted by Gasteiger charge is -2.53. The summed E-state index contributed by atoms with van der Waals surface area (Å²) in [4.78, 5) is 2.83. The van der Waals surface area contributed by atoms with Gasteiger partial charge in [-0.25, -0.2) is 0 Å². The van der Waals surface area contributed by atoms with E-state index in [-0.39, 0.29) is 0 Å². The fourth-order valence-corrected chi connectivity index (χ4v) is 3.89. The van der Waals surface area contributed by atoms with Gasteiger partial charge in [0.05, 0.1) is 0 Å². The van der Waals surface area contributed by atoms with E-state index in [2.05, 4.69) is 51.8 Å². The zero-order valence-electron chi connectivity index (χ0n) is 13.9.